The highest BCUT2D eigenvalue weighted by atomic mass is 32.2. The summed E-state index contributed by atoms with van der Waals surface area (Å²) < 4.78 is 52.4. The fourth-order valence-corrected chi connectivity index (χ4v) is 5.45. The molecule has 0 saturated carbocycles. The van der Waals surface area contributed by atoms with Gasteiger partial charge in [-0.15, -0.1) is 0 Å². The molecule has 7 nitrogen and oxygen atoms in total. The predicted molar refractivity (Wildman–Crippen MR) is 138 cm³/mol. The number of amides is 1. The topological polar surface area (TPSA) is 84.9 Å². The molecule has 0 aliphatic heterocycles. The third-order valence-corrected chi connectivity index (χ3v) is 7.66. The number of sulfonamides is 1. The number of rotatable bonds is 10. The molecule has 1 atom stereocenters. The zero-order valence-electron chi connectivity index (χ0n) is 21.0. The van der Waals surface area contributed by atoms with Crippen LogP contribution in [0.25, 0.3) is 0 Å². The molecule has 0 aromatic heterocycles. The van der Waals surface area contributed by atoms with Crippen LogP contribution in [-0.2, 0) is 14.8 Å². The van der Waals surface area contributed by atoms with Gasteiger partial charge in [0.05, 0.1) is 30.8 Å². The maximum atomic E-state index is 13.7. The molecule has 9 heteroatoms. The van der Waals surface area contributed by atoms with Crippen LogP contribution in [0.4, 0.5) is 10.1 Å². The minimum Gasteiger partial charge on any atom is -0.493 e. The van der Waals surface area contributed by atoms with Crippen molar-refractivity contribution in [2.75, 3.05) is 25.1 Å². The van der Waals surface area contributed by atoms with Crippen molar-refractivity contribution in [3.63, 3.8) is 0 Å². The Bertz CT molecular complexity index is 1330. The average Bonchev–Trinajstić information content (AvgIpc) is 2.86. The maximum Gasteiger partial charge on any atom is 0.264 e. The average molecular weight is 515 g/mol. The number of ether oxygens (including phenoxy) is 2. The van der Waals surface area contributed by atoms with E-state index in [1.807, 2.05) is 39.0 Å². The number of anilines is 1. The largest absolute Gasteiger partial charge is 0.493 e. The molecule has 1 amide bonds. The van der Waals surface area contributed by atoms with Gasteiger partial charge in [0.2, 0.25) is 5.91 Å². The van der Waals surface area contributed by atoms with Gasteiger partial charge in [0.15, 0.2) is 11.5 Å². The first kappa shape index (κ1) is 27.0. The molecule has 192 valence electrons. The Kier molecular flexibility index (Phi) is 8.57. The van der Waals surface area contributed by atoms with Crippen molar-refractivity contribution in [2.24, 2.45) is 0 Å². The zero-order valence-corrected chi connectivity index (χ0v) is 21.9. The van der Waals surface area contributed by atoms with Gasteiger partial charge in [-0.25, -0.2) is 12.8 Å². The molecule has 0 spiro atoms. The van der Waals surface area contributed by atoms with Crippen LogP contribution in [0.1, 0.15) is 36.1 Å². The lowest BCUT2D eigenvalue weighted by molar-refractivity contribution is -0.120. The van der Waals surface area contributed by atoms with E-state index in [1.54, 1.807) is 0 Å². The highest BCUT2D eigenvalue weighted by Gasteiger charge is 2.29. The van der Waals surface area contributed by atoms with Gasteiger partial charge in [0.1, 0.15) is 12.4 Å². The van der Waals surface area contributed by atoms with Crippen molar-refractivity contribution in [1.29, 1.82) is 0 Å². The second-order valence-corrected chi connectivity index (χ2v) is 10.3. The molecular formula is C27H31FN2O5S. The number of carbonyl (C=O) groups excluding carboxylic acids is 1. The second kappa shape index (κ2) is 11.4. The van der Waals surface area contributed by atoms with E-state index in [0.717, 1.165) is 33.1 Å². The summed E-state index contributed by atoms with van der Waals surface area (Å²) in [7, 11) is -1.38. The molecule has 0 bridgehead atoms. The maximum absolute atomic E-state index is 13.7. The van der Waals surface area contributed by atoms with Crippen LogP contribution in [0.3, 0.4) is 0 Å². The first-order valence-electron chi connectivity index (χ1n) is 11.5. The van der Waals surface area contributed by atoms with Crippen molar-refractivity contribution in [3.8, 4) is 11.5 Å². The molecule has 0 aliphatic rings. The van der Waals surface area contributed by atoms with E-state index in [4.69, 9.17) is 9.47 Å². The summed E-state index contributed by atoms with van der Waals surface area (Å²) in [5.41, 5.74) is 3.27. The molecule has 3 rings (SSSR count). The Labute approximate surface area is 211 Å². The minimum absolute atomic E-state index is 0.0984. The van der Waals surface area contributed by atoms with Gasteiger partial charge >= 0.3 is 0 Å². The van der Waals surface area contributed by atoms with Crippen LogP contribution in [0.15, 0.2) is 65.6 Å². The van der Waals surface area contributed by atoms with Crippen LogP contribution in [-0.4, -0.2) is 35.1 Å². The Morgan fingerprint density at radius 3 is 2.22 bits per heavy atom. The smallest absolute Gasteiger partial charge is 0.264 e. The SMILES string of the molecule is CCC(NC(=O)CN(c1ccc(F)cc1)S(=O)(=O)c1ccc(OC)c(OC)c1)c1ccc(C)cc1C. The number of nitrogens with one attached hydrogen (secondary N) is 1. The zero-order chi connectivity index (χ0) is 26.5. The molecule has 0 heterocycles. The second-order valence-electron chi connectivity index (χ2n) is 8.39. The summed E-state index contributed by atoms with van der Waals surface area (Å²) >= 11 is 0. The molecule has 0 aliphatic carbocycles. The van der Waals surface area contributed by atoms with Gasteiger partial charge in [-0.2, -0.15) is 0 Å². The normalized spacial score (nSPS) is 12.1. The fourth-order valence-electron chi connectivity index (χ4n) is 4.01. The van der Waals surface area contributed by atoms with E-state index >= 15 is 0 Å². The van der Waals surface area contributed by atoms with E-state index in [2.05, 4.69) is 5.32 Å². The predicted octanol–water partition coefficient (Wildman–Crippen LogP) is 4.92. The van der Waals surface area contributed by atoms with Crippen LogP contribution in [0.5, 0.6) is 11.5 Å². The van der Waals surface area contributed by atoms with Crippen LogP contribution in [0, 0.1) is 19.7 Å². The molecule has 0 radical (unpaired) electrons. The number of hydrogen-bond acceptors (Lipinski definition) is 5. The van der Waals surface area contributed by atoms with E-state index in [9.17, 15) is 17.6 Å². The number of carbonyl (C=O) groups is 1. The molecule has 36 heavy (non-hydrogen) atoms. The van der Waals surface area contributed by atoms with Gasteiger partial charge in [-0.3, -0.25) is 9.10 Å². The summed E-state index contributed by atoms with van der Waals surface area (Å²) in [5, 5.41) is 2.96. The summed E-state index contributed by atoms with van der Waals surface area (Å²) in [4.78, 5) is 13.1. The highest BCUT2D eigenvalue weighted by molar-refractivity contribution is 7.92. The summed E-state index contributed by atoms with van der Waals surface area (Å²) in [6, 6.07) is 14.8. The monoisotopic (exact) mass is 514 g/mol. The minimum atomic E-state index is -4.23. The Morgan fingerprint density at radius 2 is 1.64 bits per heavy atom. The third-order valence-electron chi connectivity index (χ3n) is 5.89. The first-order chi connectivity index (χ1) is 17.1. The number of hydrogen-bond donors (Lipinski definition) is 1. The first-order valence-corrected chi connectivity index (χ1v) is 12.9. The lowest BCUT2D eigenvalue weighted by Gasteiger charge is -2.26. The molecule has 3 aromatic rings. The van der Waals surface area contributed by atoms with E-state index < -0.39 is 28.3 Å². The van der Waals surface area contributed by atoms with E-state index in [1.165, 1.54) is 44.6 Å². The van der Waals surface area contributed by atoms with Crippen molar-refractivity contribution >= 4 is 21.6 Å². The Hall–Kier alpha value is -3.59. The van der Waals surface area contributed by atoms with Gasteiger partial charge in [-0.05, 0) is 67.8 Å². The standard InChI is InChI=1S/C27H31FN2O5S/c1-6-24(23-13-7-18(2)15-19(23)3)29-27(31)17-30(21-10-8-20(28)9-11-21)36(32,33)22-12-14-25(34-4)26(16-22)35-5/h7-16,24H,6,17H2,1-5H3,(H,29,31). The van der Waals surface area contributed by atoms with E-state index in [0.29, 0.717) is 12.2 Å². The van der Waals surface area contributed by atoms with Gasteiger partial charge in [0, 0.05) is 6.07 Å². The number of benzene rings is 3. The number of nitrogens with zero attached hydrogens (tertiary/aromatic N) is 1. The van der Waals surface area contributed by atoms with Crippen molar-refractivity contribution in [1.82, 2.24) is 5.32 Å². The molecular weight excluding hydrogens is 483 g/mol. The Balaban J connectivity index is 1.96. The number of aryl methyl sites for hydroxylation is 2. The van der Waals surface area contributed by atoms with Crippen LogP contribution in [0.2, 0.25) is 0 Å². The van der Waals surface area contributed by atoms with Crippen molar-refractivity contribution < 1.29 is 27.1 Å². The number of halogens is 1. The van der Waals surface area contributed by atoms with Crippen LogP contribution >= 0.6 is 0 Å². The van der Waals surface area contributed by atoms with Gasteiger partial charge in [-0.1, -0.05) is 30.7 Å². The molecule has 0 saturated heterocycles. The number of methoxy groups -OCH3 is 2. The third kappa shape index (κ3) is 5.96. The summed E-state index contributed by atoms with van der Waals surface area (Å²) in [5.74, 6) is -0.424. The van der Waals surface area contributed by atoms with Crippen LogP contribution < -0.4 is 19.1 Å². The van der Waals surface area contributed by atoms with Gasteiger partial charge in [0.25, 0.3) is 10.0 Å². The molecule has 1 N–H and O–H groups in total. The highest BCUT2D eigenvalue weighted by Crippen LogP contribution is 2.32. The quantitative estimate of drug-likeness (QED) is 0.415. The summed E-state index contributed by atoms with van der Waals surface area (Å²) in [6.07, 6.45) is 0.620. The lowest BCUT2D eigenvalue weighted by Crippen LogP contribution is -2.42. The lowest BCUT2D eigenvalue weighted by atomic mass is 9.97. The molecule has 1 unspecified atom stereocenters. The van der Waals surface area contributed by atoms with Crippen molar-refractivity contribution in [3.05, 3.63) is 83.2 Å². The summed E-state index contributed by atoms with van der Waals surface area (Å²) in [6.45, 7) is 5.42. The molecule has 3 aromatic carbocycles. The Morgan fingerprint density at radius 1 is 0.972 bits per heavy atom. The fraction of sp³-hybridized carbons (Fsp3) is 0.296. The van der Waals surface area contributed by atoms with Gasteiger partial charge < -0.3 is 14.8 Å². The van der Waals surface area contributed by atoms with Crippen molar-refractivity contribution in [2.45, 2.75) is 38.1 Å². The van der Waals surface area contributed by atoms with E-state index in [-0.39, 0.29) is 22.4 Å². The molecule has 0 fully saturated rings.